The largest absolute Gasteiger partial charge is 0.465 e. The average molecular weight is 273 g/mol. The summed E-state index contributed by atoms with van der Waals surface area (Å²) in [5, 5.41) is 0. The molecule has 1 unspecified atom stereocenters. The van der Waals surface area contributed by atoms with Crippen molar-refractivity contribution in [1.29, 1.82) is 0 Å². The van der Waals surface area contributed by atoms with Crippen molar-refractivity contribution < 1.29 is 9.53 Å². The highest BCUT2D eigenvalue weighted by atomic mass is 16.5. The lowest BCUT2D eigenvalue weighted by molar-refractivity contribution is -0.145. The Kier molecular flexibility index (Phi) is 3.42. The number of carbonyl (C=O) groups is 1. The first kappa shape index (κ1) is 13.1. The molecule has 5 heteroatoms. The van der Waals surface area contributed by atoms with Crippen molar-refractivity contribution >= 4 is 17.0 Å². The quantitative estimate of drug-likeness (QED) is 0.786. The number of nitrogens with zero attached hydrogens (tertiary/aromatic N) is 3. The molecule has 106 valence electrons. The molecule has 0 radical (unpaired) electrons. The molecule has 0 amide bonds. The molecule has 1 aliphatic rings. The fraction of sp³-hybridized carbons (Fsp3) is 0.533. The second-order valence-electron chi connectivity index (χ2n) is 5.15. The molecule has 0 aliphatic heterocycles. The van der Waals surface area contributed by atoms with Crippen molar-refractivity contribution in [1.82, 2.24) is 14.5 Å². The molecule has 1 aliphatic carbocycles. The molecule has 2 heterocycles. The van der Waals surface area contributed by atoms with Crippen LogP contribution in [-0.4, -0.2) is 27.1 Å². The first-order chi connectivity index (χ1) is 9.76. The number of esters is 1. The Morgan fingerprint density at radius 3 is 2.95 bits per heavy atom. The lowest BCUT2D eigenvalue weighted by atomic mass is 10.1. The Hall–Kier alpha value is -1.91. The smallest absolute Gasteiger partial charge is 0.316 e. The Bertz CT molecular complexity index is 631. The van der Waals surface area contributed by atoms with Gasteiger partial charge >= 0.3 is 5.97 Å². The van der Waals surface area contributed by atoms with E-state index in [1.807, 2.05) is 19.9 Å². The van der Waals surface area contributed by atoms with Crippen molar-refractivity contribution in [3.05, 3.63) is 24.3 Å². The number of imidazole rings is 1. The molecule has 0 N–H and O–H groups in total. The number of ether oxygens (including phenoxy) is 1. The van der Waals surface area contributed by atoms with Crippen LogP contribution in [0, 0.1) is 0 Å². The van der Waals surface area contributed by atoms with E-state index in [9.17, 15) is 4.79 Å². The van der Waals surface area contributed by atoms with Gasteiger partial charge in [0.05, 0.1) is 18.3 Å². The zero-order valence-electron chi connectivity index (χ0n) is 11.9. The fourth-order valence-corrected chi connectivity index (χ4v) is 2.63. The first-order valence-corrected chi connectivity index (χ1v) is 7.24. The fourth-order valence-electron chi connectivity index (χ4n) is 2.63. The summed E-state index contributed by atoms with van der Waals surface area (Å²) in [6, 6.07) is 2.45. The van der Waals surface area contributed by atoms with Gasteiger partial charge in [0.1, 0.15) is 17.3 Å². The lowest BCUT2D eigenvalue weighted by Gasteiger charge is -2.15. The number of hydrogen-bond donors (Lipinski definition) is 0. The predicted octanol–water partition coefficient (Wildman–Crippen LogP) is 2.82. The van der Waals surface area contributed by atoms with Crippen LogP contribution in [-0.2, 0) is 9.53 Å². The third-order valence-electron chi connectivity index (χ3n) is 3.72. The topological polar surface area (TPSA) is 57.0 Å². The van der Waals surface area contributed by atoms with Gasteiger partial charge in [0.2, 0.25) is 0 Å². The minimum atomic E-state index is -0.289. The van der Waals surface area contributed by atoms with Crippen LogP contribution in [0.1, 0.15) is 50.9 Å². The third kappa shape index (κ3) is 2.17. The van der Waals surface area contributed by atoms with Gasteiger partial charge in [0.25, 0.3) is 0 Å². The van der Waals surface area contributed by atoms with E-state index in [1.165, 1.54) is 0 Å². The number of rotatable bonds is 5. The second-order valence-corrected chi connectivity index (χ2v) is 5.15. The van der Waals surface area contributed by atoms with Crippen LogP contribution < -0.4 is 0 Å². The maximum absolute atomic E-state index is 12.2. The van der Waals surface area contributed by atoms with E-state index in [0.29, 0.717) is 19.1 Å². The van der Waals surface area contributed by atoms with E-state index >= 15 is 0 Å². The summed E-state index contributed by atoms with van der Waals surface area (Å²) >= 11 is 0. The summed E-state index contributed by atoms with van der Waals surface area (Å²) in [7, 11) is 0. The molecule has 2 aromatic rings. The zero-order chi connectivity index (χ0) is 14.1. The highest BCUT2D eigenvalue weighted by Crippen LogP contribution is 2.40. The van der Waals surface area contributed by atoms with E-state index < -0.39 is 0 Å². The van der Waals surface area contributed by atoms with Crippen molar-refractivity contribution in [2.45, 2.75) is 45.1 Å². The van der Waals surface area contributed by atoms with E-state index in [-0.39, 0.29) is 11.9 Å². The van der Waals surface area contributed by atoms with Crippen molar-refractivity contribution in [3.63, 3.8) is 0 Å². The molecular formula is C15H19N3O2. The number of hydrogen-bond acceptors (Lipinski definition) is 4. The van der Waals surface area contributed by atoms with Gasteiger partial charge in [-0.15, -0.1) is 0 Å². The summed E-state index contributed by atoms with van der Waals surface area (Å²) in [6.45, 7) is 4.23. The van der Waals surface area contributed by atoms with Crippen LogP contribution in [0.25, 0.3) is 11.0 Å². The molecule has 0 spiro atoms. The van der Waals surface area contributed by atoms with Crippen LogP contribution in [0.4, 0.5) is 0 Å². The van der Waals surface area contributed by atoms with Crippen molar-refractivity contribution in [3.8, 4) is 0 Å². The summed E-state index contributed by atoms with van der Waals surface area (Å²) in [5.74, 6) is 0.361. The normalized spacial score (nSPS) is 16.3. The van der Waals surface area contributed by atoms with E-state index in [2.05, 4.69) is 14.5 Å². The van der Waals surface area contributed by atoms with Gasteiger partial charge in [-0.25, -0.2) is 4.98 Å². The second kappa shape index (κ2) is 5.23. The molecule has 3 rings (SSSR count). The van der Waals surface area contributed by atoms with Crippen LogP contribution >= 0.6 is 0 Å². The Balaban J connectivity index is 2.09. The first-order valence-electron chi connectivity index (χ1n) is 7.24. The number of aromatic nitrogens is 3. The number of pyridine rings is 1. The average Bonchev–Trinajstić information content (AvgIpc) is 3.21. The maximum atomic E-state index is 12.2. The van der Waals surface area contributed by atoms with Crippen molar-refractivity contribution in [2.24, 2.45) is 0 Å². The lowest BCUT2D eigenvalue weighted by Crippen LogP contribution is -2.19. The van der Waals surface area contributed by atoms with Crippen LogP contribution in [0.15, 0.2) is 18.5 Å². The molecule has 2 aromatic heterocycles. The van der Waals surface area contributed by atoms with E-state index in [0.717, 1.165) is 29.7 Å². The van der Waals surface area contributed by atoms with Gasteiger partial charge in [0, 0.05) is 12.2 Å². The van der Waals surface area contributed by atoms with Crippen LogP contribution in [0.3, 0.4) is 0 Å². The molecule has 0 aromatic carbocycles. The molecule has 0 bridgehead atoms. The third-order valence-corrected chi connectivity index (χ3v) is 3.72. The summed E-state index contributed by atoms with van der Waals surface area (Å²) in [6.07, 6.45) is 6.54. The Labute approximate surface area is 118 Å². The highest BCUT2D eigenvalue weighted by molar-refractivity contribution is 5.81. The zero-order valence-corrected chi connectivity index (χ0v) is 11.9. The van der Waals surface area contributed by atoms with Crippen molar-refractivity contribution in [2.75, 3.05) is 6.61 Å². The van der Waals surface area contributed by atoms with Crippen LogP contribution in [0.5, 0.6) is 0 Å². The molecule has 1 saturated carbocycles. The standard InChI is InChI=1S/C15H19N3O2/c1-3-11(15(19)20-4-2)14-17-12-9-16-8-7-13(12)18(14)10-5-6-10/h7-11H,3-6H2,1-2H3. The Morgan fingerprint density at radius 2 is 2.30 bits per heavy atom. The van der Waals surface area contributed by atoms with Gasteiger partial charge in [-0.3, -0.25) is 9.78 Å². The SMILES string of the molecule is CCOC(=O)C(CC)c1nc2cnccc2n1C1CC1. The highest BCUT2D eigenvalue weighted by Gasteiger charge is 2.33. The van der Waals surface area contributed by atoms with Gasteiger partial charge in [-0.05, 0) is 32.3 Å². The summed E-state index contributed by atoms with van der Waals surface area (Å²) < 4.78 is 7.40. The van der Waals surface area contributed by atoms with Crippen LogP contribution in [0.2, 0.25) is 0 Å². The Morgan fingerprint density at radius 1 is 1.50 bits per heavy atom. The molecule has 1 atom stereocenters. The summed E-state index contributed by atoms with van der Waals surface area (Å²) in [4.78, 5) is 20.9. The van der Waals surface area contributed by atoms with Gasteiger partial charge < -0.3 is 9.30 Å². The molecule has 20 heavy (non-hydrogen) atoms. The van der Waals surface area contributed by atoms with E-state index in [1.54, 1.807) is 12.4 Å². The van der Waals surface area contributed by atoms with Gasteiger partial charge in [0.15, 0.2) is 0 Å². The molecule has 0 saturated heterocycles. The number of carbonyl (C=O) groups excluding carboxylic acids is 1. The monoisotopic (exact) mass is 273 g/mol. The number of fused-ring (bicyclic) bond motifs is 1. The minimum absolute atomic E-state index is 0.180. The predicted molar refractivity (Wildman–Crippen MR) is 75.5 cm³/mol. The van der Waals surface area contributed by atoms with E-state index in [4.69, 9.17) is 4.74 Å². The van der Waals surface area contributed by atoms with Gasteiger partial charge in [-0.1, -0.05) is 6.92 Å². The minimum Gasteiger partial charge on any atom is -0.465 e. The molecule has 5 nitrogen and oxygen atoms in total. The maximum Gasteiger partial charge on any atom is 0.316 e. The molecule has 1 fully saturated rings. The summed E-state index contributed by atoms with van der Waals surface area (Å²) in [5.41, 5.74) is 1.93. The molecular weight excluding hydrogens is 254 g/mol. The van der Waals surface area contributed by atoms with Gasteiger partial charge in [-0.2, -0.15) is 0 Å².